The van der Waals surface area contributed by atoms with Crippen LogP contribution in [-0.4, -0.2) is 98.9 Å². The molecule has 0 aliphatic carbocycles. The normalized spacial score (nSPS) is 20.5. The number of piperazine rings is 1. The van der Waals surface area contributed by atoms with E-state index in [9.17, 15) is 9.59 Å². The molecule has 2 aliphatic heterocycles. The van der Waals surface area contributed by atoms with Gasteiger partial charge in [0.1, 0.15) is 24.2 Å². The van der Waals surface area contributed by atoms with Crippen molar-refractivity contribution in [1.29, 1.82) is 5.41 Å². The molecule has 0 spiro atoms. The standard InChI is InChI=1S/C23H36N6O5/c1-32-22(30)19(24)13-16-4-6-17(7-5-16)33-15-18-14-29(23(31)34-18)20(21(25)26)3-2-10-28-11-8-27-9-12-28/h4-7,18-20,27H,2-3,8-15,24H2,1H3,(H3,25,26). The molecule has 188 valence electrons. The van der Waals surface area contributed by atoms with Crippen LogP contribution in [0, 0.1) is 5.41 Å². The lowest BCUT2D eigenvalue weighted by Crippen LogP contribution is -2.47. The lowest BCUT2D eigenvalue weighted by Gasteiger charge is -2.29. The Kier molecular flexibility index (Phi) is 9.49. The van der Waals surface area contributed by atoms with Gasteiger partial charge in [0.2, 0.25) is 0 Å². The Hall–Kier alpha value is -2.89. The van der Waals surface area contributed by atoms with Crippen LogP contribution in [0.1, 0.15) is 18.4 Å². The summed E-state index contributed by atoms with van der Waals surface area (Å²) in [5, 5.41) is 11.3. The molecular formula is C23H36N6O5. The maximum atomic E-state index is 12.5. The molecule has 34 heavy (non-hydrogen) atoms. The Morgan fingerprint density at radius 3 is 2.65 bits per heavy atom. The van der Waals surface area contributed by atoms with Gasteiger partial charge in [-0.2, -0.15) is 0 Å². The third-order valence-electron chi connectivity index (χ3n) is 6.12. The van der Waals surface area contributed by atoms with Crippen LogP contribution >= 0.6 is 0 Å². The minimum atomic E-state index is -0.716. The van der Waals surface area contributed by atoms with Crippen molar-refractivity contribution in [2.75, 3.05) is 53.0 Å². The van der Waals surface area contributed by atoms with E-state index in [-0.39, 0.29) is 12.4 Å². The van der Waals surface area contributed by atoms with Gasteiger partial charge in [0.25, 0.3) is 0 Å². The van der Waals surface area contributed by atoms with Crippen LogP contribution in [0.25, 0.3) is 0 Å². The van der Waals surface area contributed by atoms with Crippen molar-refractivity contribution in [3.05, 3.63) is 29.8 Å². The lowest BCUT2D eigenvalue weighted by molar-refractivity contribution is -0.142. The first kappa shape index (κ1) is 25.7. The van der Waals surface area contributed by atoms with E-state index >= 15 is 0 Å². The lowest BCUT2D eigenvalue weighted by atomic mass is 10.1. The minimum absolute atomic E-state index is 0.0282. The first-order valence-electron chi connectivity index (χ1n) is 11.7. The van der Waals surface area contributed by atoms with Gasteiger partial charge in [-0.3, -0.25) is 15.1 Å². The van der Waals surface area contributed by atoms with Crippen LogP contribution in [0.15, 0.2) is 24.3 Å². The molecule has 2 heterocycles. The van der Waals surface area contributed by atoms with E-state index in [1.165, 1.54) is 12.0 Å². The van der Waals surface area contributed by atoms with Gasteiger partial charge in [-0.05, 0) is 43.5 Å². The van der Waals surface area contributed by atoms with E-state index in [2.05, 4.69) is 15.0 Å². The van der Waals surface area contributed by atoms with Crippen molar-refractivity contribution in [2.45, 2.75) is 37.5 Å². The number of amides is 1. The van der Waals surface area contributed by atoms with E-state index in [4.69, 9.17) is 26.4 Å². The number of carbonyl (C=O) groups excluding carboxylic acids is 2. The number of cyclic esters (lactones) is 1. The number of nitrogens with two attached hydrogens (primary N) is 2. The first-order valence-corrected chi connectivity index (χ1v) is 11.7. The molecule has 1 aromatic rings. The van der Waals surface area contributed by atoms with Gasteiger partial charge < -0.3 is 35.9 Å². The second kappa shape index (κ2) is 12.5. The molecule has 0 aromatic heterocycles. The molecule has 3 unspecified atom stereocenters. The Morgan fingerprint density at radius 1 is 1.29 bits per heavy atom. The smallest absolute Gasteiger partial charge is 0.410 e. The maximum Gasteiger partial charge on any atom is 0.410 e. The number of hydrogen-bond acceptors (Lipinski definition) is 9. The number of hydrogen-bond donors (Lipinski definition) is 4. The summed E-state index contributed by atoms with van der Waals surface area (Å²) in [5.41, 5.74) is 12.5. The Labute approximate surface area is 200 Å². The Balaban J connectivity index is 1.45. The summed E-state index contributed by atoms with van der Waals surface area (Å²) < 4.78 is 15.9. The van der Waals surface area contributed by atoms with Gasteiger partial charge >= 0.3 is 12.1 Å². The van der Waals surface area contributed by atoms with Gasteiger partial charge in [-0.1, -0.05) is 12.1 Å². The summed E-state index contributed by atoms with van der Waals surface area (Å²) in [6.07, 6.45) is 0.916. The zero-order valence-corrected chi connectivity index (χ0v) is 19.7. The molecule has 2 fully saturated rings. The molecule has 1 aromatic carbocycles. The SMILES string of the molecule is COC(=O)C(N)Cc1ccc(OCC2CN(C(CCCN3CCNCC3)C(=N)N)C(=O)O2)cc1. The highest BCUT2D eigenvalue weighted by atomic mass is 16.6. The quantitative estimate of drug-likeness (QED) is 0.184. The van der Waals surface area contributed by atoms with Crippen LogP contribution in [0.2, 0.25) is 0 Å². The van der Waals surface area contributed by atoms with Gasteiger partial charge in [-0.15, -0.1) is 0 Å². The zero-order chi connectivity index (χ0) is 24.5. The highest BCUT2D eigenvalue weighted by Gasteiger charge is 2.37. The predicted octanol–water partition coefficient (Wildman–Crippen LogP) is -0.0810. The van der Waals surface area contributed by atoms with Gasteiger partial charge in [0.05, 0.1) is 19.7 Å². The van der Waals surface area contributed by atoms with Gasteiger partial charge in [0.15, 0.2) is 6.10 Å². The van der Waals surface area contributed by atoms with E-state index in [1.54, 1.807) is 12.1 Å². The Morgan fingerprint density at radius 2 is 2.00 bits per heavy atom. The molecule has 0 radical (unpaired) electrons. The molecule has 1 amide bonds. The number of esters is 1. The zero-order valence-electron chi connectivity index (χ0n) is 19.7. The fraction of sp³-hybridized carbons (Fsp3) is 0.609. The van der Waals surface area contributed by atoms with Crippen molar-refractivity contribution >= 4 is 17.9 Å². The molecule has 0 saturated carbocycles. The summed E-state index contributed by atoms with van der Waals surface area (Å²) in [6, 6.07) is 6.03. The van der Waals surface area contributed by atoms with Crippen molar-refractivity contribution in [3.63, 3.8) is 0 Å². The van der Waals surface area contributed by atoms with Crippen molar-refractivity contribution in [3.8, 4) is 5.75 Å². The molecule has 2 aliphatic rings. The molecule has 3 atom stereocenters. The number of carbonyl (C=O) groups is 2. The van der Waals surface area contributed by atoms with Crippen LogP contribution < -0.4 is 21.5 Å². The maximum absolute atomic E-state index is 12.5. The second-order valence-electron chi connectivity index (χ2n) is 8.65. The van der Waals surface area contributed by atoms with E-state index < -0.39 is 30.3 Å². The third-order valence-corrected chi connectivity index (χ3v) is 6.12. The predicted molar refractivity (Wildman–Crippen MR) is 127 cm³/mol. The molecule has 2 saturated heterocycles. The third kappa shape index (κ3) is 7.31. The van der Waals surface area contributed by atoms with Crippen molar-refractivity contribution < 1.29 is 23.8 Å². The molecule has 6 N–H and O–H groups in total. The van der Waals surface area contributed by atoms with Gasteiger partial charge in [0, 0.05) is 26.2 Å². The minimum Gasteiger partial charge on any atom is -0.490 e. The van der Waals surface area contributed by atoms with Crippen molar-refractivity contribution in [1.82, 2.24) is 15.1 Å². The summed E-state index contributed by atoms with van der Waals surface area (Å²) in [7, 11) is 1.31. The molecule has 11 heteroatoms. The summed E-state index contributed by atoms with van der Waals surface area (Å²) in [5.74, 6) is 0.129. The second-order valence-corrected chi connectivity index (χ2v) is 8.65. The monoisotopic (exact) mass is 476 g/mol. The number of rotatable bonds is 12. The number of nitrogens with one attached hydrogen (secondary N) is 2. The average molecular weight is 477 g/mol. The van der Waals surface area contributed by atoms with Crippen LogP contribution in [0.4, 0.5) is 4.79 Å². The van der Waals surface area contributed by atoms with E-state index in [0.29, 0.717) is 25.1 Å². The largest absolute Gasteiger partial charge is 0.490 e. The number of nitrogens with zero attached hydrogens (tertiary/aromatic N) is 2. The highest BCUT2D eigenvalue weighted by molar-refractivity contribution is 5.87. The summed E-state index contributed by atoms with van der Waals surface area (Å²) in [6.45, 7) is 5.42. The first-order chi connectivity index (χ1) is 16.4. The van der Waals surface area contributed by atoms with Crippen LogP contribution in [0.5, 0.6) is 5.75 Å². The topological polar surface area (TPSA) is 156 Å². The number of methoxy groups -OCH3 is 1. The van der Waals surface area contributed by atoms with Crippen LogP contribution in [0.3, 0.4) is 0 Å². The highest BCUT2D eigenvalue weighted by Crippen LogP contribution is 2.20. The average Bonchev–Trinajstić information content (AvgIpc) is 3.21. The number of amidine groups is 1. The number of ether oxygens (including phenoxy) is 3. The molecule has 11 nitrogen and oxygen atoms in total. The Bertz CT molecular complexity index is 830. The van der Waals surface area contributed by atoms with E-state index in [0.717, 1.165) is 44.7 Å². The molecule has 0 bridgehead atoms. The van der Waals surface area contributed by atoms with Crippen LogP contribution in [-0.2, 0) is 20.7 Å². The van der Waals surface area contributed by atoms with Crippen molar-refractivity contribution in [2.24, 2.45) is 11.5 Å². The summed E-state index contributed by atoms with van der Waals surface area (Å²) >= 11 is 0. The fourth-order valence-corrected chi connectivity index (χ4v) is 4.20. The molecular weight excluding hydrogens is 440 g/mol. The van der Waals surface area contributed by atoms with E-state index in [1.807, 2.05) is 12.1 Å². The van der Waals surface area contributed by atoms with Gasteiger partial charge in [-0.25, -0.2) is 4.79 Å². The summed E-state index contributed by atoms with van der Waals surface area (Å²) in [4.78, 5) is 27.8. The fourth-order valence-electron chi connectivity index (χ4n) is 4.20. The number of benzene rings is 1. The molecule has 3 rings (SSSR count).